The molecule has 0 radical (unpaired) electrons. The Kier molecular flexibility index (Phi) is 2.48. The summed E-state index contributed by atoms with van der Waals surface area (Å²) in [6, 6.07) is 0. The lowest BCUT2D eigenvalue weighted by Crippen LogP contribution is -2.07. The van der Waals surface area contributed by atoms with Crippen LogP contribution in [0.5, 0.6) is 0 Å². The van der Waals surface area contributed by atoms with Gasteiger partial charge < -0.3 is 0 Å². The van der Waals surface area contributed by atoms with Gasteiger partial charge in [0.05, 0.1) is 0 Å². The van der Waals surface area contributed by atoms with Crippen LogP contribution >= 0.6 is 0 Å². The van der Waals surface area contributed by atoms with Crippen molar-refractivity contribution in [2.24, 2.45) is 5.41 Å². The zero-order chi connectivity index (χ0) is 7.65. The van der Waals surface area contributed by atoms with Crippen molar-refractivity contribution in [3.8, 4) is 0 Å². The molecule has 0 spiro atoms. The molecule has 0 heteroatoms. The Balaban J connectivity index is 4.40. The van der Waals surface area contributed by atoms with Crippen molar-refractivity contribution >= 4 is 0 Å². The van der Waals surface area contributed by atoms with Crippen LogP contribution in [0.15, 0.2) is 11.1 Å². The molecule has 54 valence electrons. The molecule has 0 amide bonds. The Labute approximate surface area is 59.0 Å². The molecule has 0 N–H and O–H groups in total. The largest absolute Gasteiger partial charge is 0.0770 e. The van der Waals surface area contributed by atoms with Crippen LogP contribution in [-0.4, -0.2) is 0 Å². The number of hydrogen-bond acceptors (Lipinski definition) is 0. The van der Waals surface area contributed by atoms with Gasteiger partial charge in [0, 0.05) is 0 Å². The average molecular weight is 127 g/mol. The summed E-state index contributed by atoms with van der Waals surface area (Å²) in [6.07, 6.45) is 0. The molecule has 0 aromatic carbocycles. The zero-order valence-corrected chi connectivity index (χ0v) is 7.50. The SMILES string of the molecule is CC(=[13C](C)C)C(C)(C)C. The lowest BCUT2D eigenvalue weighted by Gasteiger charge is -2.20. The fraction of sp³-hybridized carbons (Fsp3) is 0.778. The minimum Gasteiger partial charge on any atom is -0.0770 e. The molecule has 0 aromatic rings. The lowest BCUT2D eigenvalue weighted by atomic mass is 9.89. The van der Waals surface area contributed by atoms with Gasteiger partial charge in [-0.05, 0) is 26.2 Å². The van der Waals surface area contributed by atoms with Gasteiger partial charge in [0.25, 0.3) is 0 Å². The maximum atomic E-state index is 2.25. The topological polar surface area (TPSA) is 0 Å². The Hall–Kier alpha value is -0.260. The Morgan fingerprint density at radius 1 is 0.889 bits per heavy atom. The minimum absolute atomic E-state index is 0.360. The highest BCUT2D eigenvalue weighted by Crippen LogP contribution is 2.26. The molecule has 0 bridgehead atoms. The van der Waals surface area contributed by atoms with Gasteiger partial charge in [-0.2, -0.15) is 0 Å². The van der Waals surface area contributed by atoms with Gasteiger partial charge in [0.1, 0.15) is 0 Å². The summed E-state index contributed by atoms with van der Waals surface area (Å²) in [5, 5.41) is 0. The fourth-order valence-electron chi connectivity index (χ4n) is 0.750. The zero-order valence-electron chi connectivity index (χ0n) is 7.50. The van der Waals surface area contributed by atoms with Crippen LogP contribution in [0.2, 0.25) is 0 Å². The summed E-state index contributed by atoms with van der Waals surface area (Å²) in [4.78, 5) is 0. The molecule has 0 nitrogen and oxygen atoms in total. The lowest BCUT2D eigenvalue weighted by molar-refractivity contribution is 0.498. The van der Waals surface area contributed by atoms with E-state index in [1.807, 2.05) is 0 Å². The molecular weight excluding hydrogens is 109 g/mol. The Bertz CT molecular complexity index is 117. The van der Waals surface area contributed by atoms with E-state index >= 15 is 0 Å². The van der Waals surface area contributed by atoms with Crippen molar-refractivity contribution in [2.75, 3.05) is 0 Å². The molecule has 0 heterocycles. The molecule has 0 atom stereocenters. The smallest absolute Gasteiger partial charge is 0.0173 e. The van der Waals surface area contributed by atoms with Crippen molar-refractivity contribution in [1.29, 1.82) is 0 Å². The predicted octanol–water partition coefficient (Wildman–Crippen LogP) is 3.39. The van der Waals surface area contributed by atoms with Gasteiger partial charge >= 0.3 is 0 Å². The predicted molar refractivity (Wildman–Crippen MR) is 43.5 cm³/mol. The van der Waals surface area contributed by atoms with Crippen molar-refractivity contribution in [1.82, 2.24) is 0 Å². The first-order valence-electron chi connectivity index (χ1n) is 3.50. The van der Waals surface area contributed by atoms with E-state index in [1.165, 1.54) is 11.1 Å². The first kappa shape index (κ1) is 8.74. The van der Waals surface area contributed by atoms with Gasteiger partial charge in [-0.1, -0.05) is 31.9 Å². The first-order valence-corrected chi connectivity index (χ1v) is 3.50. The fourth-order valence-corrected chi connectivity index (χ4v) is 0.750. The number of hydrogen-bond donors (Lipinski definition) is 0. The van der Waals surface area contributed by atoms with E-state index in [2.05, 4.69) is 41.5 Å². The summed E-state index contributed by atoms with van der Waals surface area (Å²) >= 11 is 0. The highest BCUT2D eigenvalue weighted by atomic mass is 14.4. The third kappa shape index (κ3) is 2.69. The second-order valence-corrected chi connectivity index (χ2v) is 3.88. The molecule has 0 aromatic heterocycles. The van der Waals surface area contributed by atoms with Crippen molar-refractivity contribution < 1.29 is 0 Å². The normalized spacial score (nSPS) is 11.3. The second kappa shape index (κ2) is 2.55. The second-order valence-electron chi connectivity index (χ2n) is 3.88. The van der Waals surface area contributed by atoms with Crippen LogP contribution in [0.3, 0.4) is 0 Å². The summed E-state index contributed by atoms with van der Waals surface area (Å²) in [5.41, 5.74) is 3.31. The van der Waals surface area contributed by atoms with Crippen LogP contribution in [0, 0.1) is 5.41 Å². The van der Waals surface area contributed by atoms with E-state index in [0.29, 0.717) is 5.41 Å². The van der Waals surface area contributed by atoms with E-state index in [0.717, 1.165) is 0 Å². The maximum absolute atomic E-state index is 2.25. The molecular formula is C9H18. The molecule has 0 unspecified atom stereocenters. The van der Waals surface area contributed by atoms with Crippen LogP contribution in [-0.2, 0) is 0 Å². The molecule has 0 saturated carbocycles. The van der Waals surface area contributed by atoms with Crippen molar-refractivity contribution in [3.63, 3.8) is 0 Å². The van der Waals surface area contributed by atoms with E-state index in [4.69, 9.17) is 0 Å². The maximum Gasteiger partial charge on any atom is -0.0173 e. The Morgan fingerprint density at radius 2 is 1.22 bits per heavy atom. The van der Waals surface area contributed by atoms with E-state index in [1.54, 1.807) is 0 Å². The first-order chi connectivity index (χ1) is 3.85. The molecule has 0 rings (SSSR count). The summed E-state index contributed by atoms with van der Waals surface area (Å²) in [6.45, 7) is 13.3. The molecule has 0 aliphatic heterocycles. The summed E-state index contributed by atoms with van der Waals surface area (Å²) < 4.78 is 0. The van der Waals surface area contributed by atoms with Gasteiger partial charge in [-0.3, -0.25) is 0 Å². The number of allylic oxidation sites excluding steroid dienone is 2. The van der Waals surface area contributed by atoms with Gasteiger partial charge in [-0.15, -0.1) is 0 Å². The molecule has 0 fully saturated rings. The third-order valence-electron chi connectivity index (χ3n) is 1.88. The summed E-state index contributed by atoms with van der Waals surface area (Å²) in [5.74, 6) is 0. The highest BCUT2D eigenvalue weighted by molar-refractivity contribution is 5.13. The monoisotopic (exact) mass is 127 g/mol. The molecule has 9 heavy (non-hydrogen) atoms. The van der Waals surface area contributed by atoms with Crippen LogP contribution in [0.1, 0.15) is 41.5 Å². The molecule has 0 saturated heterocycles. The van der Waals surface area contributed by atoms with Gasteiger partial charge in [0.2, 0.25) is 0 Å². The average Bonchev–Trinajstić information content (AvgIpc) is 1.62. The van der Waals surface area contributed by atoms with Gasteiger partial charge in [-0.25, -0.2) is 0 Å². The number of rotatable bonds is 0. The standard InChI is InChI=1S/C9H18/c1-7(2)8(3)9(4,5)6/h1-6H3/i7+1. The van der Waals surface area contributed by atoms with E-state index < -0.39 is 0 Å². The minimum atomic E-state index is 0.360. The van der Waals surface area contributed by atoms with E-state index in [9.17, 15) is 0 Å². The Morgan fingerprint density at radius 3 is 1.22 bits per heavy atom. The van der Waals surface area contributed by atoms with E-state index in [-0.39, 0.29) is 0 Å². The quantitative estimate of drug-likeness (QED) is 0.345. The van der Waals surface area contributed by atoms with Crippen LogP contribution in [0.25, 0.3) is 0 Å². The van der Waals surface area contributed by atoms with Crippen molar-refractivity contribution in [2.45, 2.75) is 41.5 Å². The summed E-state index contributed by atoms with van der Waals surface area (Å²) in [7, 11) is 0. The van der Waals surface area contributed by atoms with Gasteiger partial charge in [0.15, 0.2) is 0 Å². The molecule has 0 aliphatic rings. The highest BCUT2D eigenvalue weighted by Gasteiger charge is 2.12. The van der Waals surface area contributed by atoms with Crippen LogP contribution in [0.4, 0.5) is 0 Å². The molecule has 0 aliphatic carbocycles. The third-order valence-corrected chi connectivity index (χ3v) is 1.88. The van der Waals surface area contributed by atoms with Crippen molar-refractivity contribution in [3.05, 3.63) is 11.1 Å². The van der Waals surface area contributed by atoms with Crippen LogP contribution < -0.4 is 0 Å².